The van der Waals surface area contributed by atoms with Crippen molar-refractivity contribution in [2.24, 2.45) is 0 Å². The van der Waals surface area contributed by atoms with Gasteiger partial charge in [-0.15, -0.1) is 10.2 Å². The zero-order chi connectivity index (χ0) is 34.3. The average Bonchev–Trinajstić information content (AvgIpc) is 3.76. The van der Waals surface area contributed by atoms with Crippen LogP contribution in [-0.4, -0.2) is 28.9 Å². The number of aromatic nitrogens is 6. The minimum absolute atomic E-state index is 0.422. The molecule has 0 spiro atoms. The quantitative estimate of drug-likeness (QED) is 0.186. The van der Waals surface area contributed by atoms with Crippen LogP contribution in [0.3, 0.4) is 0 Å². The van der Waals surface area contributed by atoms with Gasteiger partial charge >= 0.3 is 0 Å². The molecule has 0 radical (unpaired) electrons. The minimum atomic E-state index is 0.422. The average molecular weight is 651 g/mol. The molecule has 6 nitrogen and oxygen atoms in total. The summed E-state index contributed by atoms with van der Waals surface area (Å²) in [6.07, 6.45) is 0. The Morgan fingerprint density at radius 1 is 0.520 bits per heavy atom. The molecule has 244 valence electrons. The van der Waals surface area contributed by atoms with Gasteiger partial charge in [0.2, 0.25) is 0 Å². The monoisotopic (exact) mass is 650 g/mol. The van der Waals surface area contributed by atoms with Gasteiger partial charge in [0.15, 0.2) is 5.82 Å². The van der Waals surface area contributed by atoms with E-state index in [0.29, 0.717) is 5.92 Å². The predicted molar refractivity (Wildman–Crippen MR) is 206 cm³/mol. The van der Waals surface area contributed by atoms with Crippen molar-refractivity contribution in [2.75, 3.05) is 0 Å². The molecule has 6 heteroatoms. The number of nitrogens with zero attached hydrogens (tertiary/aromatic N) is 6. The first-order valence-corrected chi connectivity index (χ1v) is 17.3. The van der Waals surface area contributed by atoms with Crippen molar-refractivity contribution < 1.29 is 0 Å². The van der Waals surface area contributed by atoms with Gasteiger partial charge in [-0.25, -0.2) is 4.98 Å². The van der Waals surface area contributed by atoms with Crippen LogP contribution in [0.25, 0.3) is 72.3 Å². The second-order valence-electron chi connectivity index (χ2n) is 13.9. The molecule has 0 atom stereocenters. The van der Waals surface area contributed by atoms with Crippen molar-refractivity contribution >= 4 is 43.9 Å². The zero-order valence-corrected chi connectivity index (χ0v) is 29.2. The van der Waals surface area contributed by atoms with E-state index >= 15 is 0 Å². The van der Waals surface area contributed by atoms with Gasteiger partial charge < -0.3 is 0 Å². The second-order valence-corrected chi connectivity index (χ2v) is 13.9. The highest BCUT2D eigenvalue weighted by Gasteiger charge is 2.22. The SMILES string of the molecule is Cc1cc(C)c(-n2c(C)nnc2-c2cccc(-n3c4ccccc4c4cc5c6ccccc6n(-c6cccc(C(C)C)c6)c5nc43)c2)c(C)c1. The van der Waals surface area contributed by atoms with Crippen LogP contribution in [0.1, 0.15) is 47.8 Å². The maximum Gasteiger partial charge on any atom is 0.168 e. The molecule has 0 bridgehead atoms. The van der Waals surface area contributed by atoms with Crippen molar-refractivity contribution in [2.45, 2.75) is 47.5 Å². The Hall–Kier alpha value is -6.01. The predicted octanol–water partition coefficient (Wildman–Crippen LogP) is 10.9. The van der Waals surface area contributed by atoms with Gasteiger partial charge in [-0.1, -0.05) is 92.2 Å². The third kappa shape index (κ3) is 4.52. The summed E-state index contributed by atoms with van der Waals surface area (Å²) in [7, 11) is 0. The molecule has 50 heavy (non-hydrogen) atoms. The van der Waals surface area contributed by atoms with Crippen LogP contribution < -0.4 is 0 Å². The Morgan fingerprint density at radius 3 is 1.72 bits per heavy atom. The van der Waals surface area contributed by atoms with Gasteiger partial charge in [-0.3, -0.25) is 13.7 Å². The number of fused-ring (bicyclic) bond motifs is 6. The lowest BCUT2D eigenvalue weighted by molar-refractivity contribution is 0.864. The van der Waals surface area contributed by atoms with Gasteiger partial charge in [0.1, 0.15) is 17.1 Å². The van der Waals surface area contributed by atoms with E-state index in [-0.39, 0.29) is 0 Å². The molecule has 5 aromatic carbocycles. The third-order valence-electron chi connectivity index (χ3n) is 10.1. The summed E-state index contributed by atoms with van der Waals surface area (Å²) in [6, 6.07) is 41.6. The van der Waals surface area contributed by atoms with Crippen molar-refractivity contribution in [1.82, 2.24) is 28.9 Å². The van der Waals surface area contributed by atoms with Gasteiger partial charge in [0, 0.05) is 38.5 Å². The minimum Gasteiger partial charge on any atom is -0.294 e. The van der Waals surface area contributed by atoms with Gasteiger partial charge in [-0.05, 0) is 92.8 Å². The van der Waals surface area contributed by atoms with Gasteiger partial charge in [0.25, 0.3) is 0 Å². The fourth-order valence-corrected chi connectivity index (χ4v) is 7.92. The highest BCUT2D eigenvalue weighted by atomic mass is 15.3. The number of hydrogen-bond acceptors (Lipinski definition) is 3. The molecular formula is C44H38N6. The summed E-state index contributed by atoms with van der Waals surface area (Å²) in [6.45, 7) is 13.0. The molecule has 4 aromatic heterocycles. The van der Waals surface area contributed by atoms with Crippen LogP contribution in [-0.2, 0) is 0 Å². The Morgan fingerprint density at radius 2 is 1.10 bits per heavy atom. The summed E-state index contributed by atoms with van der Waals surface area (Å²) in [4.78, 5) is 5.58. The molecule has 0 N–H and O–H groups in total. The molecule has 0 amide bonds. The number of rotatable bonds is 5. The number of benzene rings is 5. The topological polar surface area (TPSA) is 53.5 Å². The molecule has 0 aliphatic heterocycles. The van der Waals surface area contributed by atoms with Crippen LogP contribution in [0.5, 0.6) is 0 Å². The lowest BCUT2D eigenvalue weighted by atomic mass is 10.0. The highest BCUT2D eigenvalue weighted by Crippen LogP contribution is 2.39. The Labute approximate surface area is 291 Å². The van der Waals surface area contributed by atoms with Crippen molar-refractivity contribution in [1.29, 1.82) is 0 Å². The van der Waals surface area contributed by atoms with E-state index in [4.69, 9.17) is 10.1 Å². The largest absolute Gasteiger partial charge is 0.294 e. The summed E-state index contributed by atoms with van der Waals surface area (Å²) >= 11 is 0. The Bertz CT molecular complexity index is 2770. The lowest BCUT2D eigenvalue weighted by Gasteiger charge is -2.16. The first-order valence-electron chi connectivity index (χ1n) is 17.3. The molecule has 9 rings (SSSR count). The number of para-hydroxylation sites is 2. The van der Waals surface area contributed by atoms with Crippen molar-refractivity contribution in [3.8, 4) is 28.5 Å². The molecule has 0 aliphatic rings. The van der Waals surface area contributed by atoms with E-state index < -0.39 is 0 Å². The smallest absolute Gasteiger partial charge is 0.168 e. The second kappa shape index (κ2) is 11.3. The molecule has 0 unspecified atom stereocenters. The van der Waals surface area contributed by atoms with Crippen molar-refractivity contribution in [3.05, 3.63) is 143 Å². The number of aryl methyl sites for hydroxylation is 4. The molecular weight excluding hydrogens is 613 g/mol. The molecule has 0 fully saturated rings. The van der Waals surface area contributed by atoms with E-state index in [1.54, 1.807) is 0 Å². The molecule has 0 saturated heterocycles. The van der Waals surface area contributed by atoms with Crippen LogP contribution in [0, 0.1) is 27.7 Å². The molecule has 4 heterocycles. The summed E-state index contributed by atoms with van der Waals surface area (Å²) in [5, 5.41) is 13.9. The van der Waals surface area contributed by atoms with E-state index in [1.165, 1.54) is 33.0 Å². The normalized spacial score (nSPS) is 12.0. The number of pyridine rings is 1. The number of hydrogen-bond donors (Lipinski definition) is 0. The Kier molecular flexibility index (Phi) is 6.78. The Balaban J connectivity index is 1.31. The zero-order valence-electron chi connectivity index (χ0n) is 29.2. The fraction of sp³-hybridized carbons (Fsp3) is 0.159. The highest BCUT2D eigenvalue weighted by molar-refractivity contribution is 6.16. The standard InChI is InChI=1S/C44H38N6/c1-26(2)31-13-11-15-33(23-31)49-39-19-9-7-17-35(39)37-25-38-36-18-8-10-20-40(36)50(44(38)45-43(37)49)34-16-12-14-32(24-34)42-47-46-30(6)48(42)41-28(4)21-27(3)22-29(41)5/h7-26H,1-6H3. The summed E-state index contributed by atoms with van der Waals surface area (Å²) in [5.74, 6) is 2.10. The fourth-order valence-electron chi connectivity index (χ4n) is 7.92. The van der Waals surface area contributed by atoms with E-state index in [0.717, 1.165) is 67.4 Å². The van der Waals surface area contributed by atoms with Crippen LogP contribution in [0.15, 0.2) is 115 Å². The van der Waals surface area contributed by atoms with E-state index in [2.05, 4.69) is 169 Å². The summed E-state index contributed by atoms with van der Waals surface area (Å²) < 4.78 is 6.82. The third-order valence-corrected chi connectivity index (χ3v) is 10.1. The van der Waals surface area contributed by atoms with E-state index in [9.17, 15) is 0 Å². The maximum absolute atomic E-state index is 5.58. The van der Waals surface area contributed by atoms with E-state index in [1.807, 2.05) is 6.92 Å². The first-order chi connectivity index (χ1) is 24.3. The summed E-state index contributed by atoms with van der Waals surface area (Å²) in [5.41, 5.74) is 13.4. The first kappa shape index (κ1) is 30.1. The van der Waals surface area contributed by atoms with Gasteiger partial charge in [-0.2, -0.15) is 0 Å². The van der Waals surface area contributed by atoms with Crippen molar-refractivity contribution in [3.63, 3.8) is 0 Å². The lowest BCUT2D eigenvalue weighted by Crippen LogP contribution is -2.05. The molecule has 0 aliphatic carbocycles. The molecule has 0 saturated carbocycles. The van der Waals surface area contributed by atoms with Gasteiger partial charge in [0.05, 0.1) is 16.7 Å². The van der Waals surface area contributed by atoms with Crippen LogP contribution >= 0.6 is 0 Å². The van der Waals surface area contributed by atoms with Crippen LogP contribution in [0.2, 0.25) is 0 Å². The maximum atomic E-state index is 5.58. The van der Waals surface area contributed by atoms with Crippen LogP contribution in [0.4, 0.5) is 0 Å². The molecule has 9 aromatic rings.